The van der Waals surface area contributed by atoms with Crippen molar-refractivity contribution < 1.29 is 9.53 Å². The number of rotatable bonds is 5. The molecule has 0 bridgehead atoms. The van der Waals surface area contributed by atoms with Gasteiger partial charge in [0.25, 0.3) is 0 Å². The van der Waals surface area contributed by atoms with Crippen molar-refractivity contribution in [2.24, 2.45) is 17.6 Å². The second-order valence-corrected chi connectivity index (χ2v) is 5.21. The van der Waals surface area contributed by atoms with E-state index in [0.29, 0.717) is 5.92 Å². The van der Waals surface area contributed by atoms with E-state index in [-0.39, 0.29) is 17.9 Å². The van der Waals surface area contributed by atoms with Gasteiger partial charge in [-0.25, -0.2) is 0 Å². The van der Waals surface area contributed by atoms with E-state index in [9.17, 15) is 4.79 Å². The van der Waals surface area contributed by atoms with Crippen LogP contribution in [0.5, 0.6) is 0 Å². The largest absolute Gasteiger partial charge is 0.381 e. The van der Waals surface area contributed by atoms with Gasteiger partial charge in [0.05, 0.1) is 12.6 Å². The van der Waals surface area contributed by atoms with Crippen LogP contribution in [0.15, 0.2) is 0 Å². The third-order valence-electron chi connectivity index (χ3n) is 3.71. The summed E-state index contributed by atoms with van der Waals surface area (Å²) in [6.07, 6.45) is 3.19. The van der Waals surface area contributed by atoms with E-state index in [1.165, 1.54) is 0 Å². The van der Waals surface area contributed by atoms with Gasteiger partial charge < -0.3 is 15.4 Å². The van der Waals surface area contributed by atoms with Gasteiger partial charge in [-0.05, 0) is 24.7 Å². The number of likely N-dealkylation sites (N-methyl/N-ethyl adjacent to an activating group) is 1. The molecule has 4 heteroatoms. The fraction of sp³-hybridized carbons (Fsp3) is 0.923. The highest BCUT2D eigenvalue weighted by molar-refractivity contribution is 5.81. The summed E-state index contributed by atoms with van der Waals surface area (Å²) in [5, 5.41) is 0. The molecule has 1 unspecified atom stereocenters. The second kappa shape index (κ2) is 6.97. The van der Waals surface area contributed by atoms with Crippen LogP contribution in [0.1, 0.15) is 33.1 Å². The first kappa shape index (κ1) is 14.5. The molecule has 17 heavy (non-hydrogen) atoms. The van der Waals surface area contributed by atoms with Crippen LogP contribution >= 0.6 is 0 Å². The van der Waals surface area contributed by atoms with Crippen LogP contribution in [0.4, 0.5) is 0 Å². The van der Waals surface area contributed by atoms with Gasteiger partial charge in [0.1, 0.15) is 0 Å². The van der Waals surface area contributed by atoms with Crippen molar-refractivity contribution >= 4 is 5.91 Å². The molecule has 1 aliphatic rings. The zero-order valence-electron chi connectivity index (χ0n) is 11.3. The maximum atomic E-state index is 12.1. The van der Waals surface area contributed by atoms with Gasteiger partial charge in [-0.2, -0.15) is 0 Å². The fourth-order valence-electron chi connectivity index (χ4n) is 2.18. The molecule has 0 aromatic heterocycles. The molecule has 100 valence electrons. The molecule has 1 fully saturated rings. The molecule has 1 heterocycles. The molecular weight excluding hydrogens is 216 g/mol. The summed E-state index contributed by atoms with van der Waals surface area (Å²) in [4.78, 5) is 13.9. The number of hydrogen-bond acceptors (Lipinski definition) is 3. The fourth-order valence-corrected chi connectivity index (χ4v) is 2.18. The van der Waals surface area contributed by atoms with E-state index in [1.807, 2.05) is 14.0 Å². The SMILES string of the molecule is CC[C@H](C)[C@H](N)C(=O)N(C)CC1CCCOC1. The molecule has 1 aliphatic heterocycles. The molecule has 0 aromatic rings. The minimum absolute atomic E-state index is 0.0601. The van der Waals surface area contributed by atoms with Gasteiger partial charge in [-0.3, -0.25) is 4.79 Å². The number of carbonyl (C=O) groups is 1. The zero-order valence-corrected chi connectivity index (χ0v) is 11.3. The lowest BCUT2D eigenvalue weighted by atomic mass is 9.97. The van der Waals surface area contributed by atoms with Crippen molar-refractivity contribution in [3.05, 3.63) is 0 Å². The Bertz CT molecular complexity index is 240. The van der Waals surface area contributed by atoms with Gasteiger partial charge in [0, 0.05) is 20.2 Å². The van der Waals surface area contributed by atoms with Crippen molar-refractivity contribution in [2.75, 3.05) is 26.8 Å². The molecule has 0 aliphatic carbocycles. The third-order valence-corrected chi connectivity index (χ3v) is 3.71. The lowest BCUT2D eigenvalue weighted by Gasteiger charge is -2.30. The quantitative estimate of drug-likeness (QED) is 0.789. The monoisotopic (exact) mass is 242 g/mol. The molecule has 0 saturated carbocycles. The number of hydrogen-bond donors (Lipinski definition) is 1. The normalized spacial score (nSPS) is 24.1. The van der Waals surface area contributed by atoms with Crippen LogP contribution in [-0.2, 0) is 9.53 Å². The molecule has 1 amide bonds. The molecule has 1 rings (SSSR count). The smallest absolute Gasteiger partial charge is 0.239 e. The average molecular weight is 242 g/mol. The topological polar surface area (TPSA) is 55.6 Å². The molecule has 4 nitrogen and oxygen atoms in total. The van der Waals surface area contributed by atoms with Crippen molar-refractivity contribution in [2.45, 2.75) is 39.2 Å². The van der Waals surface area contributed by atoms with Crippen LogP contribution in [0.25, 0.3) is 0 Å². The standard InChI is InChI=1S/C13H26N2O2/c1-4-10(2)12(14)13(16)15(3)8-11-6-5-7-17-9-11/h10-12H,4-9,14H2,1-3H3/t10-,11?,12-/m0/s1. The summed E-state index contributed by atoms with van der Waals surface area (Å²) in [6, 6.07) is -0.366. The van der Waals surface area contributed by atoms with E-state index >= 15 is 0 Å². The Labute approximate surface area is 104 Å². The number of amides is 1. The van der Waals surface area contributed by atoms with Gasteiger partial charge in [0.2, 0.25) is 5.91 Å². The Morgan fingerprint density at radius 2 is 2.29 bits per heavy atom. The number of carbonyl (C=O) groups excluding carboxylic acids is 1. The molecule has 0 aromatic carbocycles. The Hall–Kier alpha value is -0.610. The summed E-state index contributed by atoms with van der Waals surface area (Å²) in [6.45, 7) is 6.49. The highest BCUT2D eigenvalue weighted by Gasteiger charge is 2.25. The lowest BCUT2D eigenvalue weighted by Crippen LogP contribution is -2.47. The van der Waals surface area contributed by atoms with Crippen LogP contribution in [0.3, 0.4) is 0 Å². The maximum Gasteiger partial charge on any atom is 0.239 e. The summed E-state index contributed by atoms with van der Waals surface area (Å²) in [5.41, 5.74) is 5.95. The van der Waals surface area contributed by atoms with Crippen molar-refractivity contribution in [1.82, 2.24) is 4.90 Å². The van der Waals surface area contributed by atoms with E-state index in [1.54, 1.807) is 4.90 Å². The molecule has 1 saturated heterocycles. The Balaban J connectivity index is 2.40. The Morgan fingerprint density at radius 1 is 1.59 bits per heavy atom. The Morgan fingerprint density at radius 3 is 2.82 bits per heavy atom. The summed E-state index contributed by atoms with van der Waals surface area (Å²) < 4.78 is 5.42. The molecule has 0 spiro atoms. The van der Waals surface area contributed by atoms with Crippen LogP contribution in [-0.4, -0.2) is 43.7 Å². The minimum Gasteiger partial charge on any atom is -0.381 e. The molecular formula is C13H26N2O2. The van der Waals surface area contributed by atoms with Gasteiger partial charge >= 0.3 is 0 Å². The maximum absolute atomic E-state index is 12.1. The zero-order chi connectivity index (χ0) is 12.8. The van der Waals surface area contributed by atoms with Crippen LogP contribution in [0, 0.1) is 11.8 Å². The summed E-state index contributed by atoms with van der Waals surface area (Å²) in [5.74, 6) is 0.777. The van der Waals surface area contributed by atoms with Gasteiger partial charge in [0.15, 0.2) is 0 Å². The predicted octanol–water partition coefficient (Wildman–Crippen LogP) is 1.24. The first-order chi connectivity index (χ1) is 8.06. The van der Waals surface area contributed by atoms with E-state index in [0.717, 1.165) is 39.0 Å². The average Bonchev–Trinajstić information content (AvgIpc) is 2.37. The molecule has 2 N–H and O–H groups in total. The van der Waals surface area contributed by atoms with E-state index < -0.39 is 0 Å². The summed E-state index contributed by atoms with van der Waals surface area (Å²) >= 11 is 0. The van der Waals surface area contributed by atoms with Crippen molar-refractivity contribution in [1.29, 1.82) is 0 Å². The number of ether oxygens (including phenoxy) is 1. The minimum atomic E-state index is -0.366. The molecule has 3 atom stereocenters. The predicted molar refractivity (Wildman–Crippen MR) is 68.6 cm³/mol. The number of nitrogens with two attached hydrogens (primary N) is 1. The first-order valence-electron chi connectivity index (χ1n) is 6.64. The molecule has 0 radical (unpaired) electrons. The van der Waals surface area contributed by atoms with Gasteiger partial charge in [-0.1, -0.05) is 20.3 Å². The number of nitrogens with zero attached hydrogens (tertiary/aromatic N) is 1. The highest BCUT2D eigenvalue weighted by Crippen LogP contribution is 2.15. The summed E-state index contributed by atoms with van der Waals surface area (Å²) in [7, 11) is 1.85. The van der Waals surface area contributed by atoms with E-state index in [4.69, 9.17) is 10.5 Å². The second-order valence-electron chi connectivity index (χ2n) is 5.21. The highest BCUT2D eigenvalue weighted by atomic mass is 16.5. The van der Waals surface area contributed by atoms with Crippen LogP contribution in [0.2, 0.25) is 0 Å². The lowest BCUT2D eigenvalue weighted by molar-refractivity contribution is -0.133. The van der Waals surface area contributed by atoms with Crippen molar-refractivity contribution in [3.8, 4) is 0 Å². The van der Waals surface area contributed by atoms with Gasteiger partial charge in [-0.15, -0.1) is 0 Å². The van der Waals surface area contributed by atoms with E-state index in [2.05, 4.69) is 6.92 Å². The first-order valence-corrected chi connectivity index (χ1v) is 6.64. The third kappa shape index (κ3) is 4.28. The van der Waals surface area contributed by atoms with Crippen molar-refractivity contribution in [3.63, 3.8) is 0 Å². The van der Waals surface area contributed by atoms with Crippen LogP contribution < -0.4 is 5.73 Å². The Kier molecular flexibility index (Phi) is 5.92.